The fourth-order valence-corrected chi connectivity index (χ4v) is 2.45. The fraction of sp³-hybridized carbons (Fsp3) is 0.462. The van der Waals surface area contributed by atoms with Crippen LogP contribution in [0, 0.1) is 5.92 Å². The van der Waals surface area contributed by atoms with E-state index in [9.17, 15) is 4.79 Å². The molecule has 3 N–H and O–H groups in total. The van der Waals surface area contributed by atoms with Gasteiger partial charge in [0.25, 0.3) is 5.91 Å². The van der Waals surface area contributed by atoms with Crippen molar-refractivity contribution in [2.75, 3.05) is 18.9 Å². The minimum atomic E-state index is -0.204. The van der Waals surface area contributed by atoms with Crippen LogP contribution in [0.15, 0.2) is 12.1 Å². The van der Waals surface area contributed by atoms with Gasteiger partial charge < -0.3 is 15.8 Å². The van der Waals surface area contributed by atoms with E-state index < -0.39 is 0 Å². The number of hydrogen-bond donors (Lipinski definition) is 2. The highest BCUT2D eigenvalue weighted by molar-refractivity contribution is 6.43. The molecule has 1 fully saturated rings. The summed E-state index contributed by atoms with van der Waals surface area (Å²) in [5, 5.41) is 3.42. The van der Waals surface area contributed by atoms with Crippen molar-refractivity contribution in [2.45, 2.75) is 19.4 Å². The van der Waals surface area contributed by atoms with Gasteiger partial charge in [-0.15, -0.1) is 0 Å². The molecule has 0 spiro atoms. The minimum absolute atomic E-state index is 0.180. The summed E-state index contributed by atoms with van der Waals surface area (Å²) >= 11 is 11.8. The third kappa shape index (κ3) is 3.32. The zero-order valence-corrected chi connectivity index (χ0v) is 12.1. The van der Waals surface area contributed by atoms with Gasteiger partial charge >= 0.3 is 0 Å². The van der Waals surface area contributed by atoms with Crippen LogP contribution in [0.3, 0.4) is 0 Å². The molecule has 1 heterocycles. The third-order valence-electron chi connectivity index (χ3n) is 3.38. The lowest BCUT2D eigenvalue weighted by Gasteiger charge is -2.15. The van der Waals surface area contributed by atoms with Gasteiger partial charge in [-0.25, -0.2) is 0 Å². The van der Waals surface area contributed by atoms with Crippen molar-refractivity contribution in [3.8, 4) is 0 Å². The van der Waals surface area contributed by atoms with Crippen LogP contribution in [0.1, 0.15) is 23.7 Å². The maximum atomic E-state index is 12.0. The molecule has 2 unspecified atom stereocenters. The van der Waals surface area contributed by atoms with Crippen molar-refractivity contribution in [2.24, 2.45) is 5.92 Å². The van der Waals surface area contributed by atoms with E-state index in [0.29, 0.717) is 23.7 Å². The normalized spacial score (nSPS) is 22.5. The topological polar surface area (TPSA) is 64.3 Å². The first kappa shape index (κ1) is 14.4. The Bertz CT molecular complexity index is 471. The first-order chi connectivity index (χ1) is 8.99. The average molecular weight is 303 g/mol. The maximum Gasteiger partial charge on any atom is 0.251 e. The summed E-state index contributed by atoms with van der Waals surface area (Å²) < 4.78 is 5.45. The SMILES string of the molecule is CC1OCCC1CNC(=O)c1cc(N)c(Cl)c(Cl)c1. The largest absolute Gasteiger partial charge is 0.397 e. The zero-order chi connectivity index (χ0) is 14.0. The summed E-state index contributed by atoms with van der Waals surface area (Å²) in [5.41, 5.74) is 6.40. The molecule has 1 aromatic carbocycles. The molecule has 0 radical (unpaired) electrons. The van der Waals surface area contributed by atoms with Gasteiger partial charge in [-0.1, -0.05) is 23.2 Å². The Kier molecular flexibility index (Phi) is 4.55. The van der Waals surface area contributed by atoms with E-state index in [4.69, 9.17) is 33.7 Å². The maximum absolute atomic E-state index is 12.0. The van der Waals surface area contributed by atoms with E-state index in [-0.39, 0.29) is 22.1 Å². The fourth-order valence-electron chi connectivity index (χ4n) is 2.11. The number of carbonyl (C=O) groups is 1. The number of rotatable bonds is 3. The summed E-state index contributed by atoms with van der Waals surface area (Å²) in [7, 11) is 0. The number of carbonyl (C=O) groups excluding carboxylic acids is 1. The van der Waals surface area contributed by atoms with Crippen LogP contribution in [-0.2, 0) is 4.74 Å². The Hall–Kier alpha value is -0.970. The summed E-state index contributed by atoms with van der Waals surface area (Å²) in [5.74, 6) is 0.147. The molecule has 1 aromatic rings. The number of hydrogen-bond acceptors (Lipinski definition) is 3. The number of halogens is 2. The van der Waals surface area contributed by atoms with Gasteiger partial charge in [0.15, 0.2) is 0 Å². The highest BCUT2D eigenvalue weighted by Gasteiger charge is 2.24. The van der Waals surface area contributed by atoms with Gasteiger partial charge in [0.05, 0.1) is 21.8 Å². The molecule has 0 bridgehead atoms. The second-order valence-corrected chi connectivity index (χ2v) is 5.48. The molecule has 0 aromatic heterocycles. The van der Waals surface area contributed by atoms with E-state index in [0.717, 1.165) is 13.0 Å². The predicted molar refractivity (Wildman–Crippen MR) is 76.7 cm³/mol. The van der Waals surface area contributed by atoms with Gasteiger partial charge in [0, 0.05) is 24.6 Å². The number of benzene rings is 1. The first-order valence-corrected chi connectivity index (χ1v) is 6.89. The number of nitrogens with two attached hydrogens (primary N) is 1. The lowest BCUT2D eigenvalue weighted by Crippen LogP contribution is -2.32. The molecule has 2 atom stereocenters. The van der Waals surface area contributed by atoms with E-state index in [1.54, 1.807) is 0 Å². The van der Waals surface area contributed by atoms with Crippen LogP contribution in [-0.4, -0.2) is 25.2 Å². The summed E-state index contributed by atoms with van der Waals surface area (Å²) in [6.45, 7) is 3.35. The Morgan fingerprint density at radius 3 is 2.84 bits per heavy atom. The number of nitrogens with one attached hydrogen (secondary N) is 1. The first-order valence-electron chi connectivity index (χ1n) is 6.13. The van der Waals surface area contributed by atoms with Crippen LogP contribution < -0.4 is 11.1 Å². The Balaban J connectivity index is 2.00. The molecule has 1 amide bonds. The molecule has 4 nitrogen and oxygen atoms in total. The lowest BCUT2D eigenvalue weighted by atomic mass is 10.0. The number of anilines is 1. The predicted octanol–water partition coefficient (Wildman–Crippen LogP) is 2.73. The summed E-state index contributed by atoms with van der Waals surface area (Å²) in [6.07, 6.45) is 1.14. The van der Waals surface area contributed by atoms with Gasteiger partial charge in [0.1, 0.15) is 0 Å². The van der Waals surface area contributed by atoms with E-state index in [1.807, 2.05) is 6.92 Å². The van der Waals surface area contributed by atoms with Gasteiger partial charge in [-0.3, -0.25) is 4.79 Å². The van der Waals surface area contributed by atoms with E-state index in [1.165, 1.54) is 12.1 Å². The monoisotopic (exact) mass is 302 g/mol. The van der Waals surface area contributed by atoms with Crippen molar-refractivity contribution in [3.63, 3.8) is 0 Å². The lowest BCUT2D eigenvalue weighted by molar-refractivity contribution is 0.0907. The van der Waals surface area contributed by atoms with Gasteiger partial charge in [0.2, 0.25) is 0 Å². The molecule has 2 rings (SSSR count). The van der Waals surface area contributed by atoms with Crippen molar-refractivity contribution < 1.29 is 9.53 Å². The van der Waals surface area contributed by atoms with Crippen LogP contribution in [0.4, 0.5) is 5.69 Å². The quantitative estimate of drug-likeness (QED) is 0.844. The van der Waals surface area contributed by atoms with Gasteiger partial charge in [-0.05, 0) is 25.5 Å². The molecule has 1 aliphatic rings. The van der Waals surface area contributed by atoms with Gasteiger partial charge in [-0.2, -0.15) is 0 Å². The summed E-state index contributed by atoms with van der Waals surface area (Å²) in [6, 6.07) is 3.04. The molecule has 1 saturated heterocycles. The Morgan fingerprint density at radius 1 is 1.53 bits per heavy atom. The van der Waals surface area contributed by atoms with Crippen molar-refractivity contribution >= 4 is 34.8 Å². The molecule has 0 aliphatic carbocycles. The molecule has 6 heteroatoms. The standard InChI is InChI=1S/C13H16Cl2N2O2/c1-7-8(2-3-19-7)6-17-13(18)9-4-10(14)12(15)11(16)5-9/h4-5,7-8H,2-3,6,16H2,1H3,(H,17,18). The molecular weight excluding hydrogens is 287 g/mol. The van der Waals surface area contributed by atoms with Crippen LogP contribution in [0.25, 0.3) is 0 Å². The Labute approximate surface area is 122 Å². The van der Waals surface area contributed by atoms with Crippen molar-refractivity contribution in [1.82, 2.24) is 5.32 Å². The van der Waals surface area contributed by atoms with Crippen LogP contribution in [0.2, 0.25) is 10.0 Å². The molecular formula is C13H16Cl2N2O2. The molecule has 104 valence electrons. The van der Waals surface area contributed by atoms with Crippen molar-refractivity contribution in [1.29, 1.82) is 0 Å². The van der Waals surface area contributed by atoms with E-state index >= 15 is 0 Å². The highest BCUT2D eigenvalue weighted by atomic mass is 35.5. The van der Waals surface area contributed by atoms with Crippen molar-refractivity contribution in [3.05, 3.63) is 27.7 Å². The number of amides is 1. The average Bonchev–Trinajstić information content (AvgIpc) is 2.78. The highest BCUT2D eigenvalue weighted by Crippen LogP contribution is 2.29. The summed E-state index contributed by atoms with van der Waals surface area (Å²) in [4.78, 5) is 12.0. The Morgan fingerprint density at radius 2 is 2.26 bits per heavy atom. The second kappa shape index (κ2) is 5.99. The zero-order valence-electron chi connectivity index (χ0n) is 10.6. The van der Waals surface area contributed by atoms with E-state index in [2.05, 4.69) is 5.32 Å². The second-order valence-electron chi connectivity index (χ2n) is 4.70. The molecule has 19 heavy (non-hydrogen) atoms. The minimum Gasteiger partial charge on any atom is -0.397 e. The smallest absolute Gasteiger partial charge is 0.251 e. The molecule has 1 aliphatic heterocycles. The number of nitrogen functional groups attached to an aromatic ring is 1. The number of ether oxygens (including phenoxy) is 1. The van der Waals surface area contributed by atoms with Crippen LogP contribution in [0.5, 0.6) is 0 Å². The molecule has 0 saturated carbocycles. The third-order valence-corrected chi connectivity index (χ3v) is 4.19. The van der Waals surface area contributed by atoms with Crippen LogP contribution >= 0.6 is 23.2 Å².